The predicted molar refractivity (Wildman–Crippen MR) is 62.7 cm³/mol. The highest BCUT2D eigenvalue weighted by molar-refractivity contribution is 5.89. The van der Waals surface area contributed by atoms with Crippen LogP contribution in [-0.4, -0.2) is 46.9 Å². The summed E-state index contributed by atoms with van der Waals surface area (Å²) < 4.78 is 0. The lowest BCUT2D eigenvalue weighted by atomic mass is 9.90. The van der Waals surface area contributed by atoms with Crippen LogP contribution in [0.1, 0.15) is 26.2 Å². The topological polar surface area (TPSA) is 86.7 Å². The van der Waals surface area contributed by atoms with E-state index in [0.29, 0.717) is 25.9 Å². The van der Waals surface area contributed by atoms with Crippen LogP contribution < -0.4 is 5.32 Å². The molecular weight excluding hydrogens is 236 g/mol. The van der Waals surface area contributed by atoms with Crippen molar-refractivity contribution < 1.29 is 19.5 Å². The summed E-state index contributed by atoms with van der Waals surface area (Å²) in [6.45, 7) is 2.75. The van der Waals surface area contributed by atoms with E-state index in [2.05, 4.69) is 5.32 Å². The molecule has 3 unspecified atom stereocenters. The smallest absolute Gasteiger partial charge is 0.306 e. The third-order valence-corrected chi connectivity index (χ3v) is 3.84. The number of carboxylic acid groups (broad SMARTS) is 1. The molecule has 0 aromatic carbocycles. The van der Waals surface area contributed by atoms with Gasteiger partial charge in [-0.25, -0.2) is 0 Å². The van der Waals surface area contributed by atoms with Crippen molar-refractivity contribution in [1.82, 2.24) is 10.2 Å². The van der Waals surface area contributed by atoms with E-state index >= 15 is 0 Å². The van der Waals surface area contributed by atoms with Gasteiger partial charge in [-0.05, 0) is 19.8 Å². The fourth-order valence-electron chi connectivity index (χ4n) is 2.74. The molecule has 2 fully saturated rings. The van der Waals surface area contributed by atoms with E-state index < -0.39 is 5.97 Å². The fraction of sp³-hybridized carbons (Fsp3) is 0.750. The largest absolute Gasteiger partial charge is 0.481 e. The highest BCUT2D eigenvalue weighted by atomic mass is 16.4. The number of carbonyl (C=O) groups is 3. The first-order valence-electron chi connectivity index (χ1n) is 6.29. The Morgan fingerprint density at radius 1 is 1.39 bits per heavy atom. The molecule has 0 saturated carbocycles. The number of likely N-dealkylation sites (tertiary alicyclic amines) is 1. The van der Waals surface area contributed by atoms with E-state index in [1.54, 1.807) is 4.90 Å². The van der Waals surface area contributed by atoms with Crippen molar-refractivity contribution in [3.63, 3.8) is 0 Å². The molecule has 0 aromatic heterocycles. The van der Waals surface area contributed by atoms with Crippen LogP contribution in [-0.2, 0) is 14.4 Å². The Bertz CT molecular complexity index is 382. The van der Waals surface area contributed by atoms with Gasteiger partial charge in [0, 0.05) is 25.6 Å². The van der Waals surface area contributed by atoms with Gasteiger partial charge in [0.15, 0.2) is 0 Å². The SMILES string of the molecule is CC1CC(C(=O)O)CCN1C(=O)C1CNC(=O)C1. The maximum Gasteiger partial charge on any atom is 0.306 e. The minimum absolute atomic E-state index is 0.0234. The lowest BCUT2D eigenvalue weighted by Gasteiger charge is -2.37. The first-order chi connectivity index (χ1) is 8.49. The Labute approximate surface area is 105 Å². The van der Waals surface area contributed by atoms with Crippen LogP contribution in [0.3, 0.4) is 0 Å². The molecule has 2 rings (SSSR count). The van der Waals surface area contributed by atoms with E-state index in [4.69, 9.17) is 5.11 Å². The molecule has 3 atom stereocenters. The summed E-state index contributed by atoms with van der Waals surface area (Å²) in [6, 6.07) is -0.0666. The van der Waals surface area contributed by atoms with Gasteiger partial charge in [0.1, 0.15) is 0 Å². The summed E-state index contributed by atoms with van der Waals surface area (Å²) in [6.07, 6.45) is 1.25. The fourth-order valence-corrected chi connectivity index (χ4v) is 2.74. The quantitative estimate of drug-likeness (QED) is 0.716. The van der Waals surface area contributed by atoms with Crippen LogP contribution in [0.15, 0.2) is 0 Å². The van der Waals surface area contributed by atoms with Crippen molar-refractivity contribution >= 4 is 17.8 Å². The van der Waals surface area contributed by atoms with Crippen LogP contribution in [0.2, 0.25) is 0 Å². The zero-order valence-corrected chi connectivity index (χ0v) is 10.4. The molecule has 18 heavy (non-hydrogen) atoms. The van der Waals surface area contributed by atoms with Gasteiger partial charge < -0.3 is 15.3 Å². The summed E-state index contributed by atoms with van der Waals surface area (Å²) in [5.74, 6) is -1.52. The minimum Gasteiger partial charge on any atom is -0.481 e. The molecule has 6 heteroatoms. The van der Waals surface area contributed by atoms with Gasteiger partial charge in [-0.1, -0.05) is 0 Å². The average molecular weight is 254 g/mol. The van der Waals surface area contributed by atoms with Crippen LogP contribution in [0.4, 0.5) is 0 Å². The van der Waals surface area contributed by atoms with Crippen molar-refractivity contribution in [1.29, 1.82) is 0 Å². The number of amides is 2. The monoisotopic (exact) mass is 254 g/mol. The predicted octanol–water partition coefficient (Wildman–Crippen LogP) is -0.166. The molecule has 100 valence electrons. The highest BCUT2D eigenvalue weighted by Gasteiger charge is 2.37. The number of aliphatic carboxylic acids is 1. The summed E-state index contributed by atoms with van der Waals surface area (Å²) in [5.41, 5.74) is 0. The summed E-state index contributed by atoms with van der Waals surface area (Å²) in [5, 5.41) is 11.6. The van der Waals surface area contributed by atoms with Gasteiger partial charge in [0.05, 0.1) is 11.8 Å². The van der Waals surface area contributed by atoms with Gasteiger partial charge in [0.2, 0.25) is 11.8 Å². The van der Waals surface area contributed by atoms with E-state index in [0.717, 1.165) is 0 Å². The highest BCUT2D eigenvalue weighted by Crippen LogP contribution is 2.25. The van der Waals surface area contributed by atoms with Gasteiger partial charge in [-0.2, -0.15) is 0 Å². The van der Waals surface area contributed by atoms with Gasteiger partial charge in [-0.3, -0.25) is 14.4 Å². The zero-order chi connectivity index (χ0) is 13.3. The van der Waals surface area contributed by atoms with Gasteiger partial charge in [-0.15, -0.1) is 0 Å². The number of carboxylic acids is 1. The molecule has 2 saturated heterocycles. The van der Waals surface area contributed by atoms with E-state index in [-0.39, 0.29) is 36.1 Å². The van der Waals surface area contributed by atoms with Gasteiger partial charge >= 0.3 is 5.97 Å². The molecule has 2 N–H and O–H groups in total. The molecule has 0 aliphatic carbocycles. The zero-order valence-electron chi connectivity index (χ0n) is 10.4. The molecule has 6 nitrogen and oxygen atoms in total. The van der Waals surface area contributed by atoms with Crippen molar-refractivity contribution in [3.05, 3.63) is 0 Å². The maximum absolute atomic E-state index is 12.2. The second-order valence-corrected chi connectivity index (χ2v) is 5.15. The minimum atomic E-state index is -0.786. The molecule has 0 bridgehead atoms. The Balaban J connectivity index is 1.96. The van der Waals surface area contributed by atoms with Crippen LogP contribution in [0.5, 0.6) is 0 Å². The normalized spacial score (nSPS) is 32.2. The maximum atomic E-state index is 12.2. The standard InChI is InChI=1S/C12H18N2O4/c1-7-4-8(12(17)18)2-3-14(7)11(16)9-5-10(15)13-6-9/h7-9H,2-6H2,1H3,(H,13,15)(H,17,18). The Morgan fingerprint density at radius 3 is 2.61 bits per heavy atom. The number of rotatable bonds is 2. The second kappa shape index (κ2) is 4.96. The summed E-state index contributed by atoms with van der Waals surface area (Å²) in [4.78, 5) is 36.0. The number of carbonyl (C=O) groups excluding carboxylic acids is 2. The van der Waals surface area contributed by atoms with Crippen molar-refractivity contribution in [2.45, 2.75) is 32.2 Å². The third kappa shape index (κ3) is 2.47. The van der Waals surface area contributed by atoms with Crippen LogP contribution >= 0.6 is 0 Å². The molecule has 2 heterocycles. The number of piperidine rings is 1. The molecule has 2 amide bonds. The lowest BCUT2D eigenvalue weighted by Crippen LogP contribution is -2.48. The summed E-state index contributed by atoms with van der Waals surface area (Å²) in [7, 11) is 0. The van der Waals surface area contributed by atoms with E-state index in [9.17, 15) is 14.4 Å². The van der Waals surface area contributed by atoms with Crippen molar-refractivity contribution in [2.75, 3.05) is 13.1 Å². The van der Waals surface area contributed by atoms with Crippen molar-refractivity contribution in [2.24, 2.45) is 11.8 Å². The molecule has 0 aromatic rings. The number of nitrogens with zero attached hydrogens (tertiary/aromatic N) is 1. The molecular formula is C12H18N2O4. The molecule has 2 aliphatic heterocycles. The van der Waals surface area contributed by atoms with Crippen molar-refractivity contribution in [3.8, 4) is 0 Å². The number of hydrogen-bond donors (Lipinski definition) is 2. The first-order valence-corrected chi connectivity index (χ1v) is 6.29. The van der Waals surface area contributed by atoms with Crippen LogP contribution in [0.25, 0.3) is 0 Å². The lowest BCUT2D eigenvalue weighted by molar-refractivity contribution is -0.148. The number of nitrogens with one attached hydrogen (secondary N) is 1. The average Bonchev–Trinajstić information content (AvgIpc) is 2.74. The molecule has 0 spiro atoms. The third-order valence-electron chi connectivity index (χ3n) is 3.84. The molecule has 2 aliphatic rings. The van der Waals surface area contributed by atoms with E-state index in [1.807, 2.05) is 6.92 Å². The first kappa shape index (κ1) is 12.9. The Hall–Kier alpha value is -1.59. The van der Waals surface area contributed by atoms with E-state index in [1.165, 1.54) is 0 Å². The molecule has 0 radical (unpaired) electrons. The Kier molecular flexibility index (Phi) is 3.54. The summed E-state index contributed by atoms with van der Waals surface area (Å²) >= 11 is 0. The van der Waals surface area contributed by atoms with Gasteiger partial charge in [0.25, 0.3) is 0 Å². The Morgan fingerprint density at radius 2 is 2.11 bits per heavy atom. The number of hydrogen-bond acceptors (Lipinski definition) is 3. The van der Waals surface area contributed by atoms with Crippen LogP contribution in [0, 0.1) is 11.8 Å². The second-order valence-electron chi connectivity index (χ2n) is 5.15.